The van der Waals surface area contributed by atoms with Crippen LogP contribution in [0.4, 0.5) is 5.69 Å². The van der Waals surface area contributed by atoms with Crippen LogP contribution in [0.5, 0.6) is 0 Å². The zero-order valence-electron chi connectivity index (χ0n) is 12.6. The van der Waals surface area contributed by atoms with Crippen LogP contribution < -0.4 is 5.32 Å². The highest BCUT2D eigenvalue weighted by Gasteiger charge is 2.16. The minimum absolute atomic E-state index is 0.114. The molecule has 0 aliphatic rings. The molecule has 2 aromatic heterocycles. The summed E-state index contributed by atoms with van der Waals surface area (Å²) in [4.78, 5) is 12.3. The van der Waals surface area contributed by atoms with Gasteiger partial charge in [0.2, 0.25) is 5.91 Å². The molecule has 6 nitrogen and oxygen atoms in total. The molecule has 1 aromatic carbocycles. The van der Waals surface area contributed by atoms with Gasteiger partial charge in [-0.15, -0.1) is 0 Å². The van der Waals surface area contributed by atoms with Crippen molar-refractivity contribution in [3.63, 3.8) is 0 Å². The number of carbonyl (C=O) groups is 1. The summed E-state index contributed by atoms with van der Waals surface area (Å²) in [5, 5.41) is 11.3. The maximum absolute atomic E-state index is 12.3. The Bertz CT molecular complexity index is 796. The van der Waals surface area contributed by atoms with Crippen LogP contribution in [0.15, 0.2) is 59.6 Å². The van der Waals surface area contributed by atoms with Crippen molar-refractivity contribution in [3.8, 4) is 0 Å². The Balaban J connectivity index is 1.68. The summed E-state index contributed by atoms with van der Waals surface area (Å²) in [7, 11) is 0. The number of hydrogen-bond acceptors (Lipinski definition) is 3. The molecule has 2 heterocycles. The topological polar surface area (TPSA) is 64.7 Å². The third-order valence-corrected chi connectivity index (χ3v) is 3.85. The fraction of sp³-hybridized carbons (Fsp3) is 0.188. The number of rotatable bonds is 5. The van der Waals surface area contributed by atoms with Crippen molar-refractivity contribution in [2.75, 3.05) is 5.32 Å². The second-order valence-corrected chi connectivity index (χ2v) is 6.12. The molecule has 0 bridgehead atoms. The highest BCUT2D eigenvalue weighted by molar-refractivity contribution is 9.10. The van der Waals surface area contributed by atoms with Gasteiger partial charge in [-0.3, -0.25) is 14.2 Å². The van der Waals surface area contributed by atoms with Crippen molar-refractivity contribution >= 4 is 27.5 Å². The summed E-state index contributed by atoms with van der Waals surface area (Å²) in [6.07, 6.45) is 7.09. The largest absolute Gasteiger partial charge is 0.324 e. The van der Waals surface area contributed by atoms with Gasteiger partial charge in [0.05, 0.1) is 17.2 Å². The van der Waals surface area contributed by atoms with E-state index in [2.05, 4.69) is 31.4 Å². The van der Waals surface area contributed by atoms with Crippen molar-refractivity contribution in [2.24, 2.45) is 0 Å². The van der Waals surface area contributed by atoms with Crippen LogP contribution in [0.1, 0.15) is 18.5 Å². The third kappa shape index (κ3) is 3.87. The standard InChI is InChI=1S/C16H16BrN5O/c1-12(22-11-14(17)9-19-22)16(23)20-15-5-2-4-13(8-15)10-21-7-3-6-18-21/h2-9,11-12H,10H2,1H3,(H,20,23). The molecule has 0 saturated heterocycles. The molecule has 1 amide bonds. The summed E-state index contributed by atoms with van der Waals surface area (Å²) >= 11 is 3.33. The van der Waals surface area contributed by atoms with E-state index >= 15 is 0 Å². The molecular weight excluding hydrogens is 358 g/mol. The number of amides is 1. The van der Waals surface area contributed by atoms with Crippen molar-refractivity contribution in [1.29, 1.82) is 0 Å². The first-order valence-corrected chi connectivity index (χ1v) is 7.98. The highest BCUT2D eigenvalue weighted by Crippen LogP contribution is 2.16. The summed E-state index contributed by atoms with van der Waals surface area (Å²) < 4.78 is 4.30. The first-order chi connectivity index (χ1) is 11.1. The Kier molecular flexibility index (Phi) is 4.57. The molecule has 23 heavy (non-hydrogen) atoms. The summed E-state index contributed by atoms with van der Waals surface area (Å²) in [6, 6.07) is 9.24. The van der Waals surface area contributed by atoms with Gasteiger partial charge < -0.3 is 5.32 Å². The minimum Gasteiger partial charge on any atom is -0.324 e. The number of hydrogen-bond donors (Lipinski definition) is 1. The fourth-order valence-electron chi connectivity index (χ4n) is 2.22. The zero-order valence-corrected chi connectivity index (χ0v) is 14.1. The Hall–Kier alpha value is -2.41. The predicted octanol–water partition coefficient (Wildman–Crippen LogP) is 3.09. The Labute approximate surface area is 142 Å². The zero-order chi connectivity index (χ0) is 16.2. The molecular formula is C16H16BrN5O. The number of halogens is 1. The molecule has 118 valence electrons. The van der Waals surface area contributed by atoms with E-state index in [4.69, 9.17) is 0 Å². The smallest absolute Gasteiger partial charge is 0.248 e. The van der Waals surface area contributed by atoms with Crippen LogP contribution in [0.3, 0.4) is 0 Å². The molecule has 3 aromatic rings. The van der Waals surface area contributed by atoms with Gasteiger partial charge in [0.15, 0.2) is 0 Å². The fourth-order valence-corrected chi connectivity index (χ4v) is 2.52. The van der Waals surface area contributed by atoms with Crippen LogP contribution in [-0.4, -0.2) is 25.5 Å². The van der Waals surface area contributed by atoms with Crippen LogP contribution in [-0.2, 0) is 11.3 Å². The Morgan fingerprint density at radius 3 is 2.91 bits per heavy atom. The van der Waals surface area contributed by atoms with E-state index in [1.54, 1.807) is 23.3 Å². The van der Waals surface area contributed by atoms with Crippen LogP contribution >= 0.6 is 15.9 Å². The van der Waals surface area contributed by atoms with Crippen molar-refractivity contribution in [1.82, 2.24) is 19.6 Å². The quantitative estimate of drug-likeness (QED) is 0.747. The molecule has 0 radical (unpaired) electrons. The average molecular weight is 374 g/mol. The van der Waals surface area contributed by atoms with Gasteiger partial charge in [-0.1, -0.05) is 12.1 Å². The van der Waals surface area contributed by atoms with Crippen molar-refractivity contribution in [2.45, 2.75) is 19.5 Å². The molecule has 0 aliphatic carbocycles. The molecule has 0 saturated carbocycles. The maximum atomic E-state index is 12.3. The summed E-state index contributed by atoms with van der Waals surface area (Å²) in [5.74, 6) is -0.114. The van der Waals surface area contributed by atoms with Crippen LogP contribution in [0.25, 0.3) is 0 Å². The Morgan fingerprint density at radius 1 is 1.35 bits per heavy atom. The first kappa shape index (κ1) is 15.5. The minimum atomic E-state index is -0.393. The van der Waals surface area contributed by atoms with E-state index < -0.39 is 6.04 Å². The van der Waals surface area contributed by atoms with Crippen LogP contribution in [0, 0.1) is 0 Å². The first-order valence-electron chi connectivity index (χ1n) is 7.19. The van der Waals surface area contributed by atoms with Gasteiger partial charge in [-0.05, 0) is 46.6 Å². The van der Waals surface area contributed by atoms with Gasteiger partial charge in [-0.25, -0.2) is 0 Å². The van der Waals surface area contributed by atoms with E-state index in [1.165, 1.54) is 0 Å². The number of nitrogens with zero attached hydrogens (tertiary/aromatic N) is 4. The molecule has 0 spiro atoms. The molecule has 1 atom stereocenters. The van der Waals surface area contributed by atoms with Gasteiger partial charge in [0, 0.05) is 24.3 Å². The molecule has 0 aliphatic heterocycles. The second kappa shape index (κ2) is 6.78. The number of nitrogens with one attached hydrogen (secondary N) is 1. The molecule has 0 fully saturated rings. The van der Waals surface area contributed by atoms with Crippen LogP contribution in [0.2, 0.25) is 0 Å². The maximum Gasteiger partial charge on any atom is 0.248 e. The van der Waals surface area contributed by atoms with Gasteiger partial charge in [0.25, 0.3) is 0 Å². The van der Waals surface area contributed by atoms with Gasteiger partial charge in [0.1, 0.15) is 6.04 Å². The van der Waals surface area contributed by atoms with Gasteiger partial charge in [-0.2, -0.15) is 10.2 Å². The third-order valence-electron chi connectivity index (χ3n) is 3.44. The normalized spacial score (nSPS) is 12.1. The number of benzene rings is 1. The predicted molar refractivity (Wildman–Crippen MR) is 91.0 cm³/mol. The van der Waals surface area contributed by atoms with E-state index in [0.717, 1.165) is 15.7 Å². The lowest BCUT2D eigenvalue weighted by atomic mass is 10.2. The highest BCUT2D eigenvalue weighted by atomic mass is 79.9. The van der Waals surface area contributed by atoms with E-state index in [9.17, 15) is 4.79 Å². The molecule has 7 heteroatoms. The van der Waals surface area contributed by atoms with Crippen molar-refractivity contribution in [3.05, 3.63) is 65.2 Å². The lowest BCUT2D eigenvalue weighted by Gasteiger charge is -2.13. The molecule has 1 unspecified atom stereocenters. The number of aromatic nitrogens is 4. The average Bonchev–Trinajstić information content (AvgIpc) is 3.18. The lowest BCUT2D eigenvalue weighted by molar-refractivity contribution is -0.119. The summed E-state index contributed by atoms with van der Waals surface area (Å²) in [6.45, 7) is 2.47. The number of anilines is 1. The SMILES string of the molecule is CC(C(=O)Nc1cccc(Cn2cccn2)c1)n1cc(Br)cn1. The van der Waals surface area contributed by atoms with Gasteiger partial charge >= 0.3 is 0 Å². The second-order valence-electron chi connectivity index (χ2n) is 5.21. The lowest BCUT2D eigenvalue weighted by Crippen LogP contribution is -2.24. The number of carbonyl (C=O) groups excluding carboxylic acids is 1. The molecule has 1 N–H and O–H groups in total. The van der Waals surface area contributed by atoms with E-state index in [-0.39, 0.29) is 5.91 Å². The molecule has 3 rings (SSSR count). The summed E-state index contributed by atoms with van der Waals surface area (Å²) in [5.41, 5.74) is 1.83. The van der Waals surface area contributed by atoms with Crippen molar-refractivity contribution < 1.29 is 4.79 Å². The van der Waals surface area contributed by atoms with E-state index in [0.29, 0.717) is 6.54 Å². The monoisotopic (exact) mass is 373 g/mol. The van der Waals surface area contributed by atoms with E-state index in [1.807, 2.05) is 48.1 Å². The Morgan fingerprint density at radius 2 is 2.22 bits per heavy atom.